The van der Waals surface area contributed by atoms with Crippen molar-refractivity contribution < 1.29 is 9.21 Å². The summed E-state index contributed by atoms with van der Waals surface area (Å²) in [6.45, 7) is 12.7. The SMILES string of the molecule is CCc1oc(C(=O)N2Cc3nnc(C(C)C)n3[C@@H](C)C2)cc1CN1CCCC1. The van der Waals surface area contributed by atoms with Crippen molar-refractivity contribution in [3.8, 4) is 0 Å². The summed E-state index contributed by atoms with van der Waals surface area (Å²) < 4.78 is 8.18. The number of carbonyl (C=O) groups excluding carboxylic acids is 1. The summed E-state index contributed by atoms with van der Waals surface area (Å²) in [6, 6.07) is 2.12. The number of carbonyl (C=O) groups is 1. The number of fused-ring (bicyclic) bond motifs is 1. The predicted molar refractivity (Wildman–Crippen MR) is 106 cm³/mol. The molecule has 0 saturated carbocycles. The summed E-state index contributed by atoms with van der Waals surface area (Å²) >= 11 is 0. The molecule has 7 heteroatoms. The summed E-state index contributed by atoms with van der Waals surface area (Å²) in [5.74, 6) is 3.51. The Morgan fingerprint density at radius 1 is 1.29 bits per heavy atom. The molecule has 1 atom stereocenters. The molecule has 1 saturated heterocycles. The van der Waals surface area contributed by atoms with Gasteiger partial charge in [0, 0.05) is 31.0 Å². The lowest BCUT2D eigenvalue weighted by atomic mass is 10.1. The molecule has 4 heterocycles. The van der Waals surface area contributed by atoms with Crippen LogP contribution in [0.1, 0.15) is 86.0 Å². The van der Waals surface area contributed by atoms with E-state index in [9.17, 15) is 4.79 Å². The quantitative estimate of drug-likeness (QED) is 0.789. The van der Waals surface area contributed by atoms with Crippen LogP contribution in [-0.2, 0) is 19.5 Å². The summed E-state index contributed by atoms with van der Waals surface area (Å²) in [5, 5.41) is 8.69. The molecule has 0 spiro atoms. The van der Waals surface area contributed by atoms with Crippen LogP contribution in [0.4, 0.5) is 0 Å². The number of hydrogen-bond acceptors (Lipinski definition) is 5. The Morgan fingerprint density at radius 3 is 2.71 bits per heavy atom. The molecule has 0 aliphatic carbocycles. The van der Waals surface area contributed by atoms with Crippen LogP contribution >= 0.6 is 0 Å². The van der Waals surface area contributed by atoms with Crippen LogP contribution < -0.4 is 0 Å². The van der Waals surface area contributed by atoms with E-state index in [1.165, 1.54) is 12.8 Å². The standard InChI is InChI=1S/C21H31N5O2/c1-5-17-16(12-24-8-6-7-9-24)10-18(28-17)21(27)25-11-15(4)26-19(13-25)22-23-20(26)14(2)3/h10,14-15H,5-9,11-13H2,1-4H3/t15-/m0/s1. The third-order valence-corrected chi connectivity index (χ3v) is 5.88. The molecule has 0 bridgehead atoms. The zero-order valence-corrected chi connectivity index (χ0v) is 17.4. The third kappa shape index (κ3) is 3.48. The van der Waals surface area contributed by atoms with E-state index in [0.29, 0.717) is 24.8 Å². The Kier molecular flexibility index (Phi) is 5.27. The zero-order valence-electron chi connectivity index (χ0n) is 17.4. The van der Waals surface area contributed by atoms with Gasteiger partial charge in [0.15, 0.2) is 11.6 Å². The van der Waals surface area contributed by atoms with Gasteiger partial charge in [-0.2, -0.15) is 0 Å². The van der Waals surface area contributed by atoms with Crippen LogP contribution in [0.15, 0.2) is 10.5 Å². The molecule has 2 aromatic rings. The molecule has 1 amide bonds. The van der Waals surface area contributed by atoms with Gasteiger partial charge in [-0.15, -0.1) is 10.2 Å². The van der Waals surface area contributed by atoms with E-state index in [4.69, 9.17) is 4.42 Å². The van der Waals surface area contributed by atoms with Gasteiger partial charge in [0.2, 0.25) is 0 Å². The van der Waals surface area contributed by atoms with Crippen LogP contribution in [0, 0.1) is 0 Å². The molecular formula is C21H31N5O2. The first kappa shape index (κ1) is 19.2. The van der Waals surface area contributed by atoms with Crippen molar-refractivity contribution in [2.24, 2.45) is 0 Å². The van der Waals surface area contributed by atoms with Crippen molar-refractivity contribution in [2.45, 2.75) is 72.0 Å². The van der Waals surface area contributed by atoms with Crippen molar-refractivity contribution in [3.05, 3.63) is 34.8 Å². The normalized spacial score (nSPS) is 20.2. The molecule has 1 fully saturated rings. The second-order valence-corrected chi connectivity index (χ2v) is 8.43. The number of hydrogen-bond donors (Lipinski definition) is 0. The molecular weight excluding hydrogens is 354 g/mol. The van der Waals surface area contributed by atoms with E-state index >= 15 is 0 Å². The Hall–Kier alpha value is -2.15. The average molecular weight is 386 g/mol. The van der Waals surface area contributed by atoms with E-state index in [1.807, 2.05) is 11.0 Å². The molecule has 0 unspecified atom stereocenters. The Labute approximate surface area is 166 Å². The number of amides is 1. The van der Waals surface area contributed by atoms with Gasteiger partial charge in [-0.25, -0.2) is 0 Å². The van der Waals surface area contributed by atoms with Gasteiger partial charge in [0.25, 0.3) is 5.91 Å². The lowest BCUT2D eigenvalue weighted by molar-refractivity contribution is 0.0645. The highest BCUT2D eigenvalue weighted by Crippen LogP contribution is 2.27. The van der Waals surface area contributed by atoms with E-state index in [-0.39, 0.29) is 11.9 Å². The third-order valence-electron chi connectivity index (χ3n) is 5.88. The van der Waals surface area contributed by atoms with Crippen LogP contribution in [0.2, 0.25) is 0 Å². The Bertz CT molecular complexity index is 847. The predicted octanol–water partition coefficient (Wildman–Crippen LogP) is 3.37. The van der Waals surface area contributed by atoms with Crippen molar-refractivity contribution in [3.63, 3.8) is 0 Å². The molecule has 7 nitrogen and oxygen atoms in total. The summed E-state index contributed by atoms with van der Waals surface area (Å²) in [5.41, 5.74) is 1.16. The highest BCUT2D eigenvalue weighted by Gasteiger charge is 2.32. The Balaban J connectivity index is 1.53. The highest BCUT2D eigenvalue weighted by molar-refractivity contribution is 5.91. The maximum atomic E-state index is 13.2. The largest absolute Gasteiger partial charge is 0.456 e. The molecule has 0 radical (unpaired) electrons. The number of likely N-dealkylation sites (tertiary alicyclic amines) is 1. The second-order valence-electron chi connectivity index (χ2n) is 8.43. The fraction of sp³-hybridized carbons (Fsp3) is 0.667. The van der Waals surface area contributed by atoms with Gasteiger partial charge < -0.3 is 13.9 Å². The molecule has 152 valence electrons. The number of nitrogens with zero attached hydrogens (tertiary/aromatic N) is 5. The molecule has 2 aromatic heterocycles. The highest BCUT2D eigenvalue weighted by atomic mass is 16.4. The maximum Gasteiger partial charge on any atom is 0.290 e. The monoisotopic (exact) mass is 385 g/mol. The second kappa shape index (κ2) is 7.70. The van der Waals surface area contributed by atoms with Crippen molar-refractivity contribution in [1.29, 1.82) is 0 Å². The summed E-state index contributed by atoms with van der Waals surface area (Å²) in [6.07, 6.45) is 3.32. The Morgan fingerprint density at radius 2 is 2.04 bits per heavy atom. The van der Waals surface area contributed by atoms with Crippen LogP contribution in [-0.4, -0.2) is 50.1 Å². The number of aryl methyl sites for hydroxylation is 1. The molecule has 4 rings (SSSR count). The lowest BCUT2D eigenvalue weighted by Crippen LogP contribution is -2.40. The lowest BCUT2D eigenvalue weighted by Gasteiger charge is -2.32. The first-order chi connectivity index (χ1) is 13.5. The fourth-order valence-corrected chi connectivity index (χ4v) is 4.45. The molecule has 2 aliphatic rings. The van der Waals surface area contributed by atoms with Crippen LogP contribution in [0.25, 0.3) is 0 Å². The van der Waals surface area contributed by atoms with E-state index < -0.39 is 0 Å². The maximum absolute atomic E-state index is 13.2. The van der Waals surface area contributed by atoms with Crippen molar-refractivity contribution >= 4 is 5.91 Å². The minimum absolute atomic E-state index is 0.0467. The average Bonchev–Trinajstić information content (AvgIpc) is 3.40. The van der Waals surface area contributed by atoms with Gasteiger partial charge in [-0.3, -0.25) is 9.69 Å². The smallest absolute Gasteiger partial charge is 0.290 e. The first-order valence-corrected chi connectivity index (χ1v) is 10.5. The van der Waals surface area contributed by atoms with Crippen molar-refractivity contribution in [1.82, 2.24) is 24.6 Å². The summed E-state index contributed by atoms with van der Waals surface area (Å²) in [4.78, 5) is 17.5. The number of furan rings is 1. The van der Waals surface area contributed by atoms with E-state index in [1.54, 1.807) is 0 Å². The van der Waals surface area contributed by atoms with Gasteiger partial charge in [0.1, 0.15) is 11.6 Å². The van der Waals surface area contributed by atoms with E-state index in [0.717, 1.165) is 49.0 Å². The van der Waals surface area contributed by atoms with E-state index in [2.05, 4.69) is 47.4 Å². The molecule has 2 aliphatic heterocycles. The minimum atomic E-state index is -0.0467. The molecule has 0 N–H and O–H groups in total. The van der Waals surface area contributed by atoms with Gasteiger partial charge in [-0.1, -0.05) is 20.8 Å². The van der Waals surface area contributed by atoms with Crippen LogP contribution in [0.5, 0.6) is 0 Å². The number of aromatic nitrogens is 3. The minimum Gasteiger partial charge on any atom is -0.456 e. The zero-order chi connectivity index (χ0) is 19.8. The van der Waals surface area contributed by atoms with Crippen molar-refractivity contribution in [2.75, 3.05) is 19.6 Å². The number of rotatable bonds is 5. The van der Waals surface area contributed by atoms with Gasteiger partial charge in [-0.05, 0) is 38.9 Å². The molecule has 0 aromatic carbocycles. The first-order valence-electron chi connectivity index (χ1n) is 10.5. The molecule has 28 heavy (non-hydrogen) atoms. The summed E-state index contributed by atoms with van der Waals surface area (Å²) in [7, 11) is 0. The van der Waals surface area contributed by atoms with Crippen LogP contribution in [0.3, 0.4) is 0 Å². The fourth-order valence-electron chi connectivity index (χ4n) is 4.45. The van der Waals surface area contributed by atoms with Gasteiger partial charge >= 0.3 is 0 Å². The van der Waals surface area contributed by atoms with Gasteiger partial charge in [0.05, 0.1) is 12.6 Å². The topological polar surface area (TPSA) is 67.4 Å².